The van der Waals surface area contributed by atoms with Gasteiger partial charge >= 0.3 is 0 Å². The first kappa shape index (κ1) is 9.33. The Morgan fingerprint density at radius 2 is 2.33 bits per heavy atom. The van der Waals surface area contributed by atoms with E-state index in [4.69, 9.17) is 4.74 Å². The lowest BCUT2D eigenvalue weighted by atomic mass is 10.2. The van der Waals surface area contributed by atoms with Crippen LogP contribution >= 0.6 is 15.9 Å². The van der Waals surface area contributed by atoms with Crippen LogP contribution in [0.1, 0.15) is 5.56 Å². The summed E-state index contributed by atoms with van der Waals surface area (Å²) in [6.45, 7) is 6.17. The lowest BCUT2D eigenvalue weighted by molar-refractivity contribution is 0.363. The molecule has 1 rings (SSSR count). The molecule has 0 aromatic heterocycles. The van der Waals surface area contributed by atoms with Gasteiger partial charge in [-0.1, -0.05) is 34.7 Å². The van der Waals surface area contributed by atoms with Gasteiger partial charge in [0.25, 0.3) is 0 Å². The lowest BCUT2D eigenvalue weighted by Gasteiger charge is -2.04. The third kappa shape index (κ3) is 2.38. The number of ether oxygens (including phenoxy) is 1. The van der Waals surface area contributed by atoms with E-state index in [-0.39, 0.29) is 0 Å². The Labute approximate surface area is 81.2 Å². The molecule has 0 spiro atoms. The Hall–Kier alpha value is -0.760. The van der Waals surface area contributed by atoms with Crippen LogP contribution in [0.25, 0.3) is 0 Å². The zero-order chi connectivity index (χ0) is 8.97. The van der Waals surface area contributed by atoms with E-state index in [1.54, 1.807) is 6.08 Å². The monoisotopic (exact) mass is 226 g/mol. The van der Waals surface area contributed by atoms with Crippen LogP contribution in [-0.2, 0) is 0 Å². The summed E-state index contributed by atoms with van der Waals surface area (Å²) in [6, 6.07) is 5.92. The van der Waals surface area contributed by atoms with Gasteiger partial charge < -0.3 is 4.74 Å². The van der Waals surface area contributed by atoms with Crippen molar-refractivity contribution in [3.8, 4) is 5.75 Å². The van der Waals surface area contributed by atoms with Gasteiger partial charge in [0.2, 0.25) is 0 Å². The zero-order valence-corrected chi connectivity index (χ0v) is 8.60. The van der Waals surface area contributed by atoms with Crippen LogP contribution in [0, 0.1) is 6.92 Å². The van der Waals surface area contributed by atoms with Crippen LogP contribution in [0.4, 0.5) is 0 Å². The molecule has 0 N–H and O–H groups in total. The minimum atomic E-state index is 0.551. The lowest BCUT2D eigenvalue weighted by Crippen LogP contribution is -1.92. The normalized spacial score (nSPS) is 9.50. The van der Waals surface area contributed by atoms with Gasteiger partial charge in [-0.25, -0.2) is 0 Å². The minimum absolute atomic E-state index is 0.551. The molecule has 0 aliphatic heterocycles. The quantitative estimate of drug-likeness (QED) is 0.719. The summed E-state index contributed by atoms with van der Waals surface area (Å²) < 4.78 is 6.42. The van der Waals surface area contributed by atoms with Gasteiger partial charge in [0, 0.05) is 4.47 Å². The van der Waals surface area contributed by atoms with Crippen LogP contribution < -0.4 is 4.74 Å². The first-order chi connectivity index (χ1) is 5.74. The number of rotatable bonds is 3. The maximum atomic E-state index is 5.34. The molecule has 1 aromatic carbocycles. The maximum absolute atomic E-state index is 5.34. The second kappa shape index (κ2) is 4.31. The second-order valence-electron chi connectivity index (χ2n) is 2.51. The number of benzene rings is 1. The maximum Gasteiger partial charge on any atom is 0.120 e. The molecule has 0 saturated heterocycles. The first-order valence-electron chi connectivity index (χ1n) is 3.74. The van der Waals surface area contributed by atoms with E-state index in [0.717, 1.165) is 10.2 Å². The second-order valence-corrected chi connectivity index (χ2v) is 3.37. The molecule has 0 aliphatic rings. The van der Waals surface area contributed by atoms with E-state index < -0.39 is 0 Å². The third-order valence-corrected chi connectivity index (χ3v) is 2.37. The fourth-order valence-electron chi connectivity index (χ4n) is 0.819. The number of hydrogen-bond donors (Lipinski definition) is 0. The molecular formula is C10H11BrO. The minimum Gasteiger partial charge on any atom is -0.490 e. The Balaban J connectivity index is 2.75. The van der Waals surface area contributed by atoms with E-state index >= 15 is 0 Å². The van der Waals surface area contributed by atoms with Crippen molar-refractivity contribution in [1.29, 1.82) is 0 Å². The van der Waals surface area contributed by atoms with E-state index in [0.29, 0.717) is 6.61 Å². The third-order valence-electron chi connectivity index (χ3n) is 1.51. The van der Waals surface area contributed by atoms with Crippen molar-refractivity contribution in [1.82, 2.24) is 0 Å². The summed E-state index contributed by atoms with van der Waals surface area (Å²) >= 11 is 3.43. The van der Waals surface area contributed by atoms with Gasteiger partial charge in [0.15, 0.2) is 0 Å². The van der Waals surface area contributed by atoms with Crippen molar-refractivity contribution >= 4 is 15.9 Å². The van der Waals surface area contributed by atoms with Crippen LogP contribution in [-0.4, -0.2) is 6.61 Å². The molecule has 0 bridgehead atoms. The molecule has 2 heteroatoms. The molecule has 0 saturated carbocycles. The van der Waals surface area contributed by atoms with E-state index in [9.17, 15) is 0 Å². The van der Waals surface area contributed by atoms with Crippen molar-refractivity contribution in [2.75, 3.05) is 6.61 Å². The zero-order valence-electron chi connectivity index (χ0n) is 7.01. The summed E-state index contributed by atoms with van der Waals surface area (Å²) in [5.74, 6) is 0.868. The fourth-order valence-corrected chi connectivity index (χ4v) is 1.18. The molecule has 0 atom stereocenters. The largest absolute Gasteiger partial charge is 0.490 e. The van der Waals surface area contributed by atoms with Gasteiger partial charge in [-0.3, -0.25) is 0 Å². The number of hydrogen-bond acceptors (Lipinski definition) is 1. The standard InChI is InChI=1S/C10H11BrO/c1-3-6-12-9-5-4-8(2)10(11)7-9/h3-5,7H,1,6H2,2H3. The molecule has 0 radical (unpaired) electrons. The Morgan fingerprint density at radius 1 is 1.58 bits per heavy atom. The van der Waals surface area contributed by atoms with Gasteiger partial charge in [0.05, 0.1) is 0 Å². The van der Waals surface area contributed by atoms with Crippen LogP contribution in [0.3, 0.4) is 0 Å². The molecule has 1 nitrogen and oxygen atoms in total. The predicted octanol–water partition coefficient (Wildman–Crippen LogP) is 3.32. The van der Waals surface area contributed by atoms with E-state index in [1.165, 1.54) is 5.56 Å². The van der Waals surface area contributed by atoms with Gasteiger partial charge in [0.1, 0.15) is 12.4 Å². The van der Waals surface area contributed by atoms with Crippen LogP contribution in [0.2, 0.25) is 0 Å². The summed E-state index contributed by atoms with van der Waals surface area (Å²) in [7, 11) is 0. The summed E-state index contributed by atoms with van der Waals surface area (Å²) in [6.07, 6.45) is 1.73. The average molecular weight is 227 g/mol. The average Bonchev–Trinajstić information content (AvgIpc) is 2.07. The molecule has 0 amide bonds. The number of aryl methyl sites for hydroxylation is 1. The Bertz CT molecular complexity index is 281. The van der Waals surface area contributed by atoms with E-state index in [1.807, 2.05) is 25.1 Å². The molecule has 0 unspecified atom stereocenters. The van der Waals surface area contributed by atoms with Crippen molar-refractivity contribution < 1.29 is 4.74 Å². The van der Waals surface area contributed by atoms with Gasteiger partial charge in [-0.2, -0.15) is 0 Å². The van der Waals surface area contributed by atoms with Crippen molar-refractivity contribution in [3.63, 3.8) is 0 Å². The smallest absolute Gasteiger partial charge is 0.120 e. The van der Waals surface area contributed by atoms with Crippen molar-refractivity contribution in [2.45, 2.75) is 6.92 Å². The first-order valence-corrected chi connectivity index (χ1v) is 4.53. The van der Waals surface area contributed by atoms with Crippen LogP contribution in [0.5, 0.6) is 5.75 Å². The summed E-state index contributed by atoms with van der Waals surface area (Å²) in [5, 5.41) is 0. The molecule has 64 valence electrons. The van der Waals surface area contributed by atoms with Gasteiger partial charge in [-0.15, -0.1) is 0 Å². The van der Waals surface area contributed by atoms with Crippen LogP contribution in [0.15, 0.2) is 35.3 Å². The van der Waals surface area contributed by atoms with E-state index in [2.05, 4.69) is 22.5 Å². The highest BCUT2D eigenvalue weighted by atomic mass is 79.9. The highest BCUT2D eigenvalue weighted by Crippen LogP contribution is 2.21. The molecule has 0 aliphatic carbocycles. The molecule has 12 heavy (non-hydrogen) atoms. The molecular weight excluding hydrogens is 216 g/mol. The molecule has 0 fully saturated rings. The summed E-state index contributed by atoms with van der Waals surface area (Å²) in [5.41, 5.74) is 1.21. The van der Waals surface area contributed by atoms with Gasteiger partial charge in [-0.05, 0) is 24.6 Å². The predicted molar refractivity (Wildman–Crippen MR) is 54.6 cm³/mol. The molecule has 0 heterocycles. The molecule has 1 aromatic rings. The Morgan fingerprint density at radius 3 is 2.92 bits per heavy atom. The topological polar surface area (TPSA) is 9.23 Å². The SMILES string of the molecule is C=CCOc1ccc(C)c(Br)c1. The Kier molecular flexibility index (Phi) is 3.35. The van der Waals surface area contributed by atoms with Crippen molar-refractivity contribution in [2.24, 2.45) is 0 Å². The highest BCUT2D eigenvalue weighted by molar-refractivity contribution is 9.10. The summed E-state index contributed by atoms with van der Waals surface area (Å²) in [4.78, 5) is 0. The number of halogens is 1. The van der Waals surface area contributed by atoms with Crippen molar-refractivity contribution in [3.05, 3.63) is 40.9 Å². The highest BCUT2D eigenvalue weighted by Gasteiger charge is 1.96. The fraction of sp³-hybridized carbons (Fsp3) is 0.200.